The molecule has 0 radical (unpaired) electrons. The van der Waals surface area contributed by atoms with E-state index in [4.69, 9.17) is 11.6 Å². The van der Waals surface area contributed by atoms with Crippen LogP contribution in [0.15, 0.2) is 52.3 Å². The van der Waals surface area contributed by atoms with Crippen molar-refractivity contribution < 1.29 is 0 Å². The zero-order valence-corrected chi connectivity index (χ0v) is 14.0. The third-order valence-corrected chi connectivity index (χ3v) is 5.63. The Kier molecular flexibility index (Phi) is 4.58. The minimum atomic E-state index is 0.434. The maximum absolute atomic E-state index is 6.21. The summed E-state index contributed by atoms with van der Waals surface area (Å²) in [7, 11) is 0. The lowest BCUT2D eigenvalue weighted by molar-refractivity contribution is 0.215. The van der Waals surface area contributed by atoms with E-state index < -0.39 is 0 Å². The summed E-state index contributed by atoms with van der Waals surface area (Å²) in [6, 6.07) is 15.5. The van der Waals surface area contributed by atoms with E-state index in [-0.39, 0.29) is 0 Å². The largest absolute Gasteiger partial charge is 0.297 e. The number of nitrogens with zero attached hydrogens (tertiary/aromatic N) is 1. The highest BCUT2D eigenvalue weighted by Crippen LogP contribution is 2.43. The number of benzene rings is 2. The maximum atomic E-state index is 6.21. The van der Waals surface area contributed by atoms with Gasteiger partial charge >= 0.3 is 0 Å². The summed E-state index contributed by atoms with van der Waals surface area (Å²) in [6.07, 6.45) is 1.03. The van der Waals surface area contributed by atoms with Crippen molar-refractivity contribution >= 4 is 23.4 Å². The summed E-state index contributed by atoms with van der Waals surface area (Å²) in [4.78, 5) is 5.24. The number of likely N-dealkylation sites (N-methyl/N-ethyl adjacent to an activating group) is 1. The van der Waals surface area contributed by atoms with Crippen molar-refractivity contribution in [1.29, 1.82) is 0 Å². The fourth-order valence-corrected chi connectivity index (χ4v) is 4.39. The van der Waals surface area contributed by atoms with E-state index in [1.807, 2.05) is 17.8 Å². The zero-order chi connectivity index (χ0) is 14.8. The van der Waals surface area contributed by atoms with Gasteiger partial charge < -0.3 is 0 Å². The summed E-state index contributed by atoms with van der Waals surface area (Å²) >= 11 is 8.08. The number of rotatable bonds is 3. The van der Waals surface area contributed by atoms with Crippen LogP contribution in [0.1, 0.15) is 31.0 Å². The quantitative estimate of drug-likeness (QED) is 0.742. The molecule has 0 saturated carbocycles. The van der Waals surface area contributed by atoms with Crippen LogP contribution in [0.3, 0.4) is 0 Å². The van der Waals surface area contributed by atoms with Gasteiger partial charge in [-0.15, -0.1) is 0 Å². The van der Waals surface area contributed by atoms with Crippen LogP contribution in [0.25, 0.3) is 0 Å². The van der Waals surface area contributed by atoms with Crippen LogP contribution in [0.5, 0.6) is 0 Å². The normalized spacial score (nSPS) is 17.2. The lowest BCUT2D eigenvalue weighted by atomic mass is 9.97. The first-order chi connectivity index (χ1) is 10.2. The molecule has 3 rings (SSSR count). The second-order valence-corrected chi connectivity index (χ2v) is 6.85. The summed E-state index contributed by atoms with van der Waals surface area (Å²) in [5, 5.41) is 0.832. The molecule has 2 aromatic carbocycles. The Morgan fingerprint density at radius 2 is 1.86 bits per heavy atom. The van der Waals surface area contributed by atoms with E-state index in [0.29, 0.717) is 6.04 Å². The Balaban J connectivity index is 2.11. The molecule has 1 aliphatic heterocycles. The molecule has 1 aliphatic rings. The highest BCUT2D eigenvalue weighted by Gasteiger charge is 2.26. The second kappa shape index (κ2) is 6.43. The van der Waals surface area contributed by atoms with Crippen LogP contribution >= 0.6 is 23.4 Å². The highest BCUT2D eigenvalue weighted by molar-refractivity contribution is 7.99. The smallest absolute Gasteiger partial charge is 0.0409 e. The summed E-state index contributed by atoms with van der Waals surface area (Å²) in [5.41, 5.74) is 2.80. The molecule has 0 aliphatic carbocycles. The Labute approximate surface area is 136 Å². The van der Waals surface area contributed by atoms with Crippen LogP contribution in [0.2, 0.25) is 5.02 Å². The maximum Gasteiger partial charge on any atom is 0.0409 e. The molecule has 3 heteroatoms. The molecule has 0 N–H and O–H groups in total. The first-order valence-electron chi connectivity index (χ1n) is 7.52. The summed E-state index contributed by atoms with van der Waals surface area (Å²) < 4.78 is 0. The number of hydrogen-bond donors (Lipinski definition) is 0. The predicted molar refractivity (Wildman–Crippen MR) is 91.4 cm³/mol. The highest BCUT2D eigenvalue weighted by atomic mass is 35.5. The van der Waals surface area contributed by atoms with Gasteiger partial charge in [0.1, 0.15) is 0 Å². The van der Waals surface area contributed by atoms with Gasteiger partial charge in [-0.05, 0) is 54.9 Å². The van der Waals surface area contributed by atoms with Crippen LogP contribution in [0, 0.1) is 0 Å². The number of fused-ring (bicyclic) bond motifs is 2. The van der Waals surface area contributed by atoms with Gasteiger partial charge in [-0.1, -0.05) is 55.4 Å². The van der Waals surface area contributed by atoms with Crippen molar-refractivity contribution in [2.75, 3.05) is 13.1 Å². The van der Waals surface area contributed by atoms with Gasteiger partial charge in [-0.2, -0.15) is 0 Å². The van der Waals surface area contributed by atoms with Crippen molar-refractivity contribution in [3.05, 3.63) is 58.6 Å². The molecule has 0 fully saturated rings. The van der Waals surface area contributed by atoms with E-state index in [0.717, 1.165) is 24.5 Å². The molecular weight excluding hydrogens is 298 g/mol. The third kappa shape index (κ3) is 2.98. The van der Waals surface area contributed by atoms with E-state index >= 15 is 0 Å². The molecule has 0 bridgehead atoms. The fourth-order valence-electron chi connectivity index (χ4n) is 3.08. The molecule has 0 saturated heterocycles. The monoisotopic (exact) mass is 317 g/mol. The van der Waals surface area contributed by atoms with Crippen LogP contribution in [0.4, 0.5) is 0 Å². The summed E-state index contributed by atoms with van der Waals surface area (Å²) in [5.74, 6) is 0. The van der Waals surface area contributed by atoms with Gasteiger partial charge in [0.25, 0.3) is 0 Å². The molecule has 1 atom stereocenters. The molecule has 0 spiro atoms. The fraction of sp³-hybridized carbons (Fsp3) is 0.333. The van der Waals surface area contributed by atoms with Crippen molar-refractivity contribution in [3.63, 3.8) is 0 Å². The lowest BCUT2D eigenvalue weighted by Crippen LogP contribution is -2.30. The molecule has 1 nitrogen and oxygen atoms in total. The third-order valence-electron chi connectivity index (χ3n) is 4.19. The van der Waals surface area contributed by atoms with Crippen LogP contribution < -0.4 is 0 Å². The zero-order valence-electron chi connectivity index (χ0n) is 12.5. The van der Waals surface area contributed by atoms with Gasteiger partial charge in [0.05, 0.1) is 0 Å². The topological polar surface area (TPSA) is 3.24 Å². The minimum absolute atomic E-state index is 0.434. The number of halogens is 1. The molecule has 2 aromatic rings. The molecular formula is C18H20ClNS. The van der Waals surface area contributed by atoms with Crippen LogP contribution in [-0.2, 0) is 6.42 Å². The Morgan fingerprint density at radius 1 is 1.10 bits per heavy atom. The molecule has 1 unspecified atom stereocenters. The Bertz CT molecular complexity index is 637. The van der Waals surface area contributed by atoms with Gasteiger partial charge in [-0.3, -0.25) is 4.90 Å². The first kappa shape index (κ1) is 15.0. The van der Waals surface area contributed by atoms with E-state index in [1.54, 1.807) is 0 Å². The lowest BCUT2D eigenvalue weighted by Gasteiger charge is -2.30. The van der Waals surface area contributed by atoms with Gasteiger partial charge in [-0.25, -0.2) is 0 Å². The average molecular weight is 318 g/mol. The minimum Gasteiger partial charge on any atom is -0.297 e. The standard InChI is InChI=1S/C18H20ClNS/c1-3-20(4-2)16-12-13-11-14(19)9-10-17(13)21-18-8-6-5-7-15(16)18/h5-11,16H,3-4,12H2,1-2H3. The van der Waals surface area contributed by atoms with E-state index in [9.17, 15) is 0 Å². The van der Waals surface area contributed by atoms with E-state index in [2.05, 4.69) is 55.1 Å². The van der Waals surface area contributed by atoms with Gasteiger partial charge in [0.15, 0.2) is 0 Å². The first-order valence-corrected chi connectivity index (χ1v) is 8.71. The second-order valence-electron chi connectivity index (χ2n) is 5.33. The molecule has 0 amide bonds. The van der Waals surface area contributed by atoms with Crippen molar-refractivity contribution in [1.82, 2.24) is 4.90 Å². The molecule has 1 heterocycles. The molecule has 0 aromatic heterocycles. The summed E-state index contributed by atoms with van der Waals surface area (Å²) in [6.45, 7) is 6.61. The average Bonchev–Trinajstić information content (AvgIpc) is 2.65. The van der Waals surface area contributed by atoms with Crippen molar-refractivity contribution in [3.8, 4) is 0 Å². The Morgan fingerprint density at radius 3 is 2.62 bits per heavy atom. The Hall–Kier alpha value is -0.960. The SMILES string of the molecule is CCN(CC)C1Cc2cc(Cl)ccc2Sc2ccccc21. The van der Waals surface area contributed by atoms with Crippen LogP contribution in [-0.4, -0.2) is 18.0 Å². The van der Waals surface area contributed by atoms with Gasteiger partial charge in [0.2, 0.25) is 0 Å². The molecule has 110 valence electrons. The van der Waals surface area contributed by atoms with Crippen molar-refractivity contribution in [2.24, 2.45) is 0 Å². The van der Waals surface area contributed by atoms with Crippen molar-refractivity contribution in [2.45, 2.75) is 36.1 Å². The number of hydrogen-bond acceptors (Lipinski definition) is 2. The molecule has 21 heavy (non-hydrogen) atoms. The van der Waals surface area contributed by atoms with E-state index in [1.165, 1.54) is 20.9 Å². The predicted octanol–water partition coefficient (Wildman–Crippen LogP) is 5.43. The van der Waals surface area contributed by atoms with Gasteiger partial charge in [0, 0.05) is 20.9 Å².